The van der Waals surface area contributed by atoms with Crippen molar-refractivity contribution in [3.05, 3.63) is 24.3 Å². The van der Waals surface area contributed by atoms with E-state index in [-0.39, 0.29) is 0 Å². The normalized spacial score (nSPS) is 13.2. The molecule has 2 N–H and O–H groups in total. The van der Waals surface area contributed by atoms with Gasteiger partial charge in [0, 0.05) is 11.7 Å². The van der Waals surface area contributed by atoms with Crippen LogP contribution in [-0.4, -0.2) is 21.5 Å². The molecular weight excluding hydrogens is 260 g/mol. The number of nitrogens with one attached hydrogen (secondary N) is 2. The second kappa shape index (κ2) is 7.50. The monoisotopic (exact) mass is 284 g/mol. The molecule has 1 aromatic carbocycles. The van der Waals surface area contributed by atoms with E-state index in [1.807, 2.05) is 6.07 Å². The van der Waals surface area contributed by atoms with Crippen molar-refractivity contribution < 1.29 is 8.42 Å². The van der Waals surface area contributed by atoms with Crippen molar-refractivity contribution in [1.29, 1.82) is 0 Å². The van der Waals surface area contributed by atoms with Gasteiger partial charge in [0.05, 0.1) is 4.90 Å². The van der Waals surface area contributed by atoms with Crippen LogP contribution in [0.5, 0.6) is 0 Å². The zero-order valence-electron chi connectivity index (χ0n) is 11.9. The van der Waals surface area contributed by atoms with Crippen LogP contribution in [0.15, 0.2) is 29.2 Å². The molecule has 0 fully saturated rings. The summed E-state index contributed by atoms with van der Waals surface area (Å²) in [6.07, 6.45) is 4.73. The van der Waals surface area contributed by atoms with E-state index in [2.05, 4.69) is 23.9 Å². The van der Waals surface area contributed by atoms with Gasteiger partial charge < -0.3 is 5.32 Å². The molecule has 4 nitrogen and oxygen atoms in total. The van der Waals surface area contributed by atoms with Crippen molar-refractivity contribution in [2.75, 3.05) is 12.4 Å². The minimum Gasteiger partial charge on any atom is -0.383 e. The number of sulfonamides is 1. The maximum atomic E-state index is 11.7. The third kappa shape index (κ3) is 5.20. The first-order chi connectivity index (χ1) is 8.99. The maximum Gasteiger partial charge on any atom is 0.240 e. The Bertz CT molecular complexity index is 486. The van der Waals surface area contributed by atoms with Crippen LogP contribution in [0.4, 0.5) is 5.69 Å². The molecule has 0 spiro atoms. The van der Waals surface area contributed by atoms with Crippen LogP contribution in [0.3, 0.4) is 0 Å². The molecule has 0 aromatic heterocycles. The summed E-state index contributed by atoms with van der Waals surface area (Å²) in [5.41, 5.74) is 0.848. The van der Waals surface area contributed by atoms with E-state index in [4.69, 9.17) is 0 Å². The maximum absolute atomic E-state index is 11.7. The van der Waals surface area contributed by atoms with E-state index < -0.39 is 10.0 Å². The van der Waals surface area contributed by atoms with E-state index in [0.29, 0.717) is 10.9 Å². The topological polar surface area (TPSA) is 58.2 Å². The third-order valence-corrected chi connectivity index (χ3v) is 4.48. The number of hydrogen-bond donors (Lipinski definition) is 2. The van der Waals surface area contributed by atoms with Gasteiger partial charge in [-0.15, -0.1) is 0 Å². The van der Waals surface area contributed by atoms with Crippen molar-refractivity contribution >= 4 is 15.7 Å². The van der Waals surface area contributed by atoms with Crippen LogP contribution in [0.2, 0.25) is 0 Å². The molecule has 19 heavy (non-hydrogen) atoms. The number of anilines is 1. The minimum atomic E-state index is -3.37. The predicted octanol–water partition coefficient (Wildman–Crippen LogP) is 2.98. The highest BCUT2D eigenvalue weighted by atomic mass is 32.2. The Hall–Kier alpha value is -1.07. The first-order valence-corrected chi connectivity index (χ1v) is 8.28. The molecule has 0 bridgehead atoms. The van der Waals surface area contributed by atoms with E-state index >= 15 is 0 Å². The quantitative estimate of drug-likeness (QED) is 0.722. The molecule has 1 atom stereocenters. The van der Waals surface area contributed by atoms with E-state index in [1.165, 1.54) is 26.3 Å². The summed E-state index contributed by atoms with van der Waals surface area (Å²) >= 11 is 0. The molecule has 5 heteroatoms. The summed E-state index contributed by atoms with van der Waals surface area (Å²) in [4.78, 5) is 0.292. The van der Waals surface area contributed by atoms with Gasteiger partial charge in [0.15, 0.2) is 0 Å². The van der Waals surface area contributed by atoms with Gasteiger partial charge in [-0.2, -0.15) is 0 Å². The molecule has 0 aliphatic heterocycles. The van der Waals surface area contributed by atoms with Gasteiger partial charge in [0.2, 0.25) is 10.0 Å². The van der Waals surface area contributed by atoms with Crippen LogP contribution >= 0.6 is 0 Å². The Morgan fingerprint density at radius 3 is 2.63 bits per heavy atom. The average Bonchev–Trinajstić information content (AvgIpc) is 2.39. The van der Waals surface area contributed by atoms with E-state index in [1.54, 1.807) is 18.2 Å². The lowest BCUT2D eigenvalue weighted by Gasteiger charge is -2.15. The van der Waals surface area contributed by atoms with Gasteiger partial charge in [0.25, 0.3) is 0 Å². The molecule has 0 saturated carbocycles. The van der Waals surface area contributed by atoms with Crippen molar-refractivity contribution in [3.63, 3.8) is 0 Å². The molecule has 1 rings (SSSR count). The summed E-state index contributed by atoms with van der Waals surface area (Å²) in [6.45, 7) is 4.30. The molecule has 0 heterocycles. The van der Waals surface area contributed by atoms with Gasteiger partial charge in [0.1, 0.15) is 0 Å². The van der Waals surface area contributed by atoms with Crippen molar-refractivity contribution in [2.24, 2.45) is 0 Å². The lowest BCUT2D eigenvalue weighted by Crippen LogP contribution is -2.19. The minimum absolute atomic E-state index is 0.292. The fourth-order valence-corrected chi connectivity index (χ4v) is 2.70. The lowest BCUT2D eigenvalue weighted by molar-refractivity contribution is 0.588. The third-order valence-electron chi connectivity index (χ3n) is 3.07. The second-order valence-electron chi connectivity index (χ2n) is 4.78. The summed E-state index contributed by atoms with van der Waals surface area (Å²) in [5.74, 6) is 0. The van der Waals surface area contributed by atoms with Crippen LogP contribution in [-0.2, 0) is 10.0 Å². The summed E-state index contributed by atoms with van der Waals surface area (Å²) < 4.78 is 25.7. The standard InChI is InChI=1S/C14H24N2O2S/c1-4-5-6-8-12(2)16-13-9-7-10-14(11-13)19(17,18)15-3/h7,9-12,15-16H,4-6,8H2,1-3H3. The number of unbranched alkanes of at least 4 members (excludes halogenated alkanes) is 2. The summed E-state index contributed by atoms with van der Waals surface area (Å²) in [5, 5.41) is 3.35. The molecule has 0 amide bonds. The van der Waals surface area contributed by atoms with Crippen LogP contribution in [0.1, 0.15) is 39.5 Å². The van der Waals surface area contributed by atoms with Crippen LogP contribution in [0, 0.1) is 0 Å². The lowest BCUT2D eigenvalue weighted by atomic mass is 10.1. The Balaban J connectivity index is 2.67. The van der Waals surface area contributed by atoms with Crippen LogP contribution < -0.4 is 10.0 Å². The highest BCUT2D eigenvalue weighted by Gasteiger charge is 2.11. The first kappa shape index (κ1) is 16.0. The fourth-order valence-electron chi connectivity index (χ4n) is 1.93. The molecule has 0 aliphatic rings. The first-order valence-electron chi connectivity index (χ1n) is 6.79. The van der Waals surface area contributed by atoms with Crippen molar-refractivity contribution in [3.8, 4) is 0 Å². The molecule has 0 radical (unpaired) electrons. The Morgan fingerprint density at radius 1 is 1.26 bits per heavy atom. The average molecular weight is 284 g/mol. The Morgan fingerprint density at radius 2 is 2.00 bits per heavy atom. The highest BCUT2D eigenvalue weighted by Crippen LogP contribution is 2.17. The number of rotatable bonds is 8. The molecule has 0 saturated heterocycles. The Labute approximate surface area is 116 Å². The summed E-state index contributed by atoms with van der Waals surface area (Å²) in [7, 11) is -1.95. The van der Waals surface area contributed by atoms with Gasteiger partial charge >= 0.3 is 0 Å². The molecule has 1 unspecified atom stereocenters. The second-order valence-corrected chi connectivity index (χ2v) is 6.66. The van der Waals surface area contributed by atoms with Gasteiger partial charge in [-0.25, -0.2) is 13.1 Å². The fraction of sp³-hybridized carbons (Fsp3) is 0.571. The molecule has 0 aliphatic carbocycles. The van der Waals surface area contributed by atoms with Crippen LogP contribution in [0.25, 0.3) is 0 Å². The molecular formula is C14H24N2O2S. The zero-order chi connectivity index (χ0) is 14.3. The smallest absolute Gasteiger partial charge is 0.240 e. The SMILES string of the molecule is CCCCCC(C)Nc1cccc(S(=O)(=O)NC)c1. The molecule has 108 valence electrons. The number of benzene rings is 1. The van der Waals surface area contributed by atoms with Gasteiger partial charge in [-0.1, -0.05) is 32.3 Å². The highest BCUT2D eigenvalue weighted by molar-refractivity contribution is 7.89. The largest absolute Gasteiger partial charge is 0.383 e. The predicted molar refractivity (Wildman–Crippen MR) is 79.9 cm³/mol. The van der Waals surface area contributed by atoms with E-state index in [0.717, 1.165) is 12.1 Å². The zero-order valence-corrected chi connectivity index (χ0v) is 12.8. The summed E-state index contributed by atoms with van der Waals surface area (Å²) in [6, 6.07) is 7.26. The van der Waals surface area contributed by atoms with Crippen molar-refractivity contribution in [1.82, 2.24) is 4.72 Å². The van der Waals surface area contributed by atoms with Gasteiger partial charge in [-0.3, -0.25) is 0 Å². The van der Waals surface area contributed by atoms with Gasteiger partial charge in [-0.05, 0) is 38.6 Å². The molecule has 1 aromatic rings. The Kier molecular flexibility index (Phi) is 6.31. The number of hydrogen-bond acceptors (Lipinski definition) is 3. The van der Waals surface area contributed by atoms with Crippen molar-refractivity contribution in [2.45, 2.75) is 50.5 Å². The van der Waals surface area contributed by atoms with E-state index in [9.17, 15) is 8.42 Å².